The monoisotopic (exact) mass is 1340 g/mol. The van der Waals surface area contributed by atoms with E-state index in [0.29, 0.717) is 59.3 Å². The maximum atomic E-state index is 15.0. The second-order valence-corrected chi connectivity index (χ2v) is 27.6. The van der Waals surface area contributed by atoms with E-state index in [1.165, 1.54) is 86.2 Å². The highest BCUT2D eigenvalue weighted by Crippen LogP contribution is 2.30. The molecule has 6 aromatic carbocycles. The van der Waals surface area contributed by atoms with Crippen molar-refractivity contribution in [1.82, 2.24) is 30.2 Å². The average Bonchev–Trinajstić information content (AvgIpc) is 0.886. The Morgan fingerprint density at radius 3 is 1.14 bits per heavy atom. The number of hydrogen-bond acceptors (Lipinski definition) is 10. The molecule has 0 bridgehead atoms. The van der Waals surface area contributed by atoms with E-state index in [2.05, 4.69) is 123 Å². The maximum absolute atomic E-state index is 15.0. The summed E-state index contributed by atoms with van der Waals surface area (Å²) in [5.74, 6) is -5.34. The van der Waals surface area contributed by atoms with Crippen LogP contribution in [0.4, 0.5) is 35.1 Å². The molecule has 2 atom stereocenters. The van der Waals surface area contributed by atoms with Gasteiger partial charge in [0.25, 0.3) is 11.8 Å². The van der Waals surface area contributed by atoms with Crippen LogP contribution in [0, 0.1) is 23.5 Å². The Bertz CT molecular complexity index is 3330. The molecule has 96 heavy (non-hydrogen) atoms. The van der Waals surface area contributed by atoms with Gasteiger partial charge in [-0.25, -0.2) is 8.78 Å². The molecule has 0 unspecified atom stereocenters. The molecule has 14 nitrogen and oxygen atoms in total. The Morgan fingerprint density at radius 1 is 0.469 bits per heavy atom. The van der Waals surface area contributed by atoms with E-state index >= 15 is 0 Å². The lowest BCUT2D eigenvalue weighted by Gasteiger charge is -2.37. The number of hydrogen-bond donors (Lipinski definition) is 2. The second-order valence-electron chi connectivity index (χ2n) is 27.6. The van der Waals surface area contributed by atoms with Gasteiger partial charge in [-0.15, -0.1) is 0 Å². The van der Waals surface area contributed by atoms with Crippen molar-refractivity contribution in [1.29, 1.82) is 0 Å². The molecule has 0 saturated carbocycles. The number of aliphatic carboxylic acids is 2. The Labute approximate surface area is 559 Å². The van der Waals surface area contributed by atoms with Gasteiger partial charge in [0.05, 0.1) is 54.4 Å². The molecule has 10 rings (SSSR count). The standard InChI is InChI=1S/2C35H45FN4O.2C2HF3O2/c2*1-26-24-39(16-15-38(26)2)25-30-8-6-9-31(21-30)33-22-29(11-12-34(33)36)23-37-35(41)32-10-5-7-28(20-32)19-27-13-17-40(3,4)18-14-27;2*3-2(4,5)1(6)7/h2*5-12,20-22,26-27H,13-19,23-25H2,1-4H3;2*(H,6,7)/t2*26-;;/m00../s1. The average molecular weight is 1340 g/mol. The van der Waals surface area contributed by atoms with Crippen molar-refractivity contribution >= 4 is 23.8 Å². The molecular formula is C74H92F8N8O6. The number of carboxylic acids is 2. The summed E-state index contributed by atoms with van der Waals surface area (Å²) in [7, 11) is 13.6. The van der Waals surface area contributed by atoms with Crippen LogP contribution in [0.25, 0.3) is 22.3 Å². The van der Waals surface area contributed by atoms with Crippen molar-refractivity contribution in [3.63, 3.8) is 0 Å². The number of halogens is 8. The summed E-state index contributed by atoms with van der Waals surface area (Å²) >= 11 is 0. The summed E-state index contributed by atoms with van der Waals surface area (Å²) in [6.45, 7) is 18.1. The minimum absolute atomic E-state index is 0.0948. The highest BCUT2D eigenvalue weighted by atomic mass is 19.4. The first kappa shape index (κ1) is 75.8. The lowest BCUT2D eigenvalue weighted by molar-refractivity contribution is -0.896. The predicted molar refractivity (Wildman–Crippen MR) is 352 cm³/mol. The van der Waals surface area contributed by atoms with E-state index in [-0.39, 0.29) is 23.4 Å². The Balaban J connectivity index is 0.000000226. The number of nitrogens with one attached hydrogen (secondary N) is 2. The second kappa shape index (κ2) is 34.1. The first-order chi connectivity index (χ1) is 45.2. The predicted octanol–water partition coefficient (Wildman–Crippen LogP) is 9.77. The zero-order chi connectivity index (χ0) is 70.1. The number of likely N-dealkylation sites (N-methyl/N-ethyl adjacent to an activating group) is 2. The summed E-state index contributed by atoms with van der Waals surface area (Å²) in [5.41, 5.74) is 10.8. The number of benzene rings is 6. The number of piperazine rings is 2. The molecule has 0 aliphatic carbocycles. The van der Waals surface area contributed by atoms with Gasteiger partial charge in [0.2, 0.25) is 0 Å². The maximum Gasteiger partial charge on any atom is 0.430 e. The zero-order valence-corrected chi connectivity index (χ0v) is 56.3. The van der Waals surface area contributed by atoms with Gasteiger partial charge in [-0.05, 0) is 183 Å². The lowest BCUT2D eigenvalue weighted by atomic mass is 9.89. The first-order valence-corrected chi connectivity index (χ1v) is 32.7. The van der Waals surface area contributed by atoms with E-state index in [4.69, 9.17) is 19.8 Å². The van der Waals surface area contributed by atoms with Crippen LogP contribution in [0.2, 0.25) is 0 Å². The molecule has 0 radical (unpaired) electrons. The Morgan fingerprint density at radius 2 is 0.802 bits per heavy atom. The number of piperidine rings is 2. The van der Waals surface area contributed by atoms with Crippen LogP contribution < -0.4 is 20.8 Å². The third-order valence-electron chi connectivity index (χ3n) is 18.8. The molecule has 4 heterocycles. The summed E-state index contributed by atoms with van der Waals surface area (Å²) in [6, 6.07) is 43.8. The van der Waals surface area contributed by atoms with E-state index < -0.39 is 24.3 Å². The molecule has 4 aliphatic heterocycles. The minimum Gasteiger partial charge on any atom is -0.542 e. The van der Waals surface area contributed by atoms with Crippen molar-refractivity contribution in [2.75, 3.05) is 108 Å². The summed E-state index contributed by atoms with van der Waals surface area (Å²) < 4.78 is 95.3. The molecule has 4 aliphatic rings. The van der Waals surface area contributed by atoms with Gasteiger partial charge < -0.3 is 49.2 Å². The highest BCUT2D eigenvalue weighted by Gasteiger charge is 2.31. The van der Waals surface area contributed by atoms with E-state index in [9.17, 15) is 44.7 Å². The van der Waals surface area contributed by atoms with Crippen molar-refractivity contribution in [2.45, 2.75) is 103 Å². The molecule has 22 heteroatoms. The minimum atomic E-state index is -5.19. The molecule has 2 amide bonds. The first-order valence-electron chi connectivity index (χ1n) is 32.7. The van der Waals surface area contributed by atoms with Gasteiger partial charge in [-0.3, -0.25) is 19.4 Å². The van der Waals surface area contributed by atoms with Crippen LogP contribution in [-0.2, 0) is 48.6 Å². The zero-order valence-electron chi connectivity index (χ0n) is 56.3. The SMILES string of the molecule is C[C@H]1CN(Cc2cccc(-c3cc(CNC(=O)c4cccc(CC5CC[N+](C)(C)CC5)c4)ccc3F)c2)CCN1C.C[C@H]1CN(Cc2cccc(-c3cc(CNC(=O)c4cccc(CC5CC[N+](C)(C)CC5)c4)ccc3F)c2)CCN1C.O=C([O-])C(F)(F)F.O=C([O-])C(F)(F)F. The third kappa shape index (κ3) is 23.9. The Kier molecular flexibility index (Phi) is 26.9. The van der Waals surface area contributed by atoms with E-state index in [1.54, 1.807) is 12.1 Å². The van der Waals surface area contributed by atoms with E-state index in [0.717, 1.165) is 96.4 Å². The summed E-state index contributed by atoms with van der Waals surface area (Å²) in [6.07, 6.45) is -3.42. The van der Waals surface area contributed by atoms with Gasteiger partial charge in [0.1, 0.15) is 23.6 Å². The smallest absolute Gasteiger partial charge is 0.430 e. The lowest BCUT2D eigenvalue weighted by Crippen LogP contribution is -2.49. The molecule has 4 saturated heterocycles. The van der Waals surface area contributed by atoms with Crippen molar-refractivity contribution in [2.24, 2.45) is 11.8 Å². The number of carbonyl (C=O) groups excluding carboxylic acids is 4. The highest BCUT2D eigenvalue weighted by molar-refractivity contribution is 5.95. The topological polar surface area (TPSA) is 151 Å². The van der Waals surface area contributed by atoms with Crippen LogP contribution in [0.1, 0.15) is 93.6 Å². The number of quaternary nitrogens is 2. The molecule has 6 aromatic rings. The van der Waals surface area contributed by atoms with Crippen LogP contribution in [0.15, 0.2) is 133 Å². The fourth-order valence-corrected chi connectivity index (χ4v) is 12.5. The van der Waals surface area contributed by atoms with Gasteiger partial charge in [-0.1, -0.05) is 72.8 Å². The quantitative estimate of drug-likeness (QED) is 0.0708. The number of rotatable bonds is 16. The molecular weight excluding hydrogens is 1250 g/mol. The molecule has 520 valence electrons. The van der Waals surface area contributed by atoms with Crippen LogP contribution >= 0.6 is 0 Å². The van der Waals surface area contributed by atoms with Crippen molar-refractivity contribution in [3.05, 3.63) is 190 Å². The molecule has 4 fully saturated rings. The summed E-state index contributed by atoms with van der Waals surface area (Å²) in [4.78, 5) is 53.4. The molecule has 2 N–H and O–H groups in total. The van der Waals surface area contributed by atoms with Crippen molar-refractivity contribution in [3.8, 4) is 22.3 Å². The van der Waals surface area contributed by atoms with Gasteiger partial charge in [0, 0.05) is 99.8 Å². The number of carbonyl (C=O) groups is 4. The number of alkyl halides is 6. The van der Waals surface area contributed by atoms with Crippen LogP contribution in [0.3, 0.4) is 0 Å². The van der Waals surface area contributed by atoms with Crippen molar-refractivity contribution < 1.29 is 73.5 Å². The summed E-state index contributed by atoms with van der Waals surface area (Å²) in [5, 5.41) is 23.7. The molecule has 0 aromatic heterocycles. The van der Waals surface area contributed by atoms with E-state index in [1.807, 2.05) is 72.8 Å². The van der Waals surface area contributed by atoms with Gasteiger partial charge in [-0.2, -0.15) is 26.3 Å². The number of nitrogens with zero attached hydrogens (tertiary/aromatic N) is 6. The van der Waals surface area contributed by atoms with Gasteiger partial charge >= 0.3 is 12.4 Å². The Hall–Kier alpha value is -7.60. The van der Waals surface area contributed by atoms with Crippen LogP contribution in [-0.4, -0.2) is 184 Å². The number of carboxylic acid groups (broad SMARTS) is 2. The molecule has 0 spiro atoms. The number of amides is 2. The third-order valence-corrected chi connectivity index (χ3v) is 18.8. The largest absolute Gasteiger partial charge is 0.542 e. The fraction of sp³-hybridized carbons (Fsp3) is 0.459. The van der Waals surface area contributed by atoms with Gasteiger partial charge in [0.15, 0.2) is 0 Å². The normalized spacial score (nSPS) is 18.9. The van der Waals surface area contributed by atoms with Crippen LogP contribution in [0.5, 0.6) is 0 Å². The number of likely N-dealkylation sites (tertiary alicyclic amines) is 2. The fourth-order valence-electron chi connectivity index (χ4n) is 12.5.